The molecule has 0 fully saturated rings. The molecule has 3 nitrogen and oxygen atoms in total. The van der Waals surface area contributed by atoms with Crippen LogP contribution < -0.4 is 5.32 Å². The minimum atomic E-state index is -4.37. The number of halogens is 3. The predicted octanol–water partition coefficient (Wildman–Crippen LogP) is 3.37. The zero-order valence-corrected chi connectivity index (χ0v) is 10.9. The van der Waals surface area contributed by atoms with Gasteiger partial charge in [0.15, 0.2) is 0 Å². The summed E-state index contributed by atoms with van der Waals surface area (Å²) >= 11 is 0. The number of anilines is 1. The summed E-state index contributed by atoms with van der Waals surface area (Å²) in [6, 6.07) is 6.80. The Morgan fingerprint density at radius 1 is 1.10 bits per heavy atom. The molecule has 0 aliphatic carbocycles. The molecule has 2 rings (SSSR count). The van der Waals surface area contributed by atoms with E-state index in [1.54, 1.807) is 37.3 Å². The molecule has 106 valence electrons. The van der Waals surface area contributed by atoms with E-state index >= 15 is 0 Å². The van der Waals surface area contributed by atoms with Crippen molar-refractivity contribution in [3.8, 4) is 0 Å². The van der Waals surface area contributed by atoms with Crippen molar-refractivity contribution < 1.29 is 13.2 Å². The molecule has 1 aromatic carbocycles. The number of nitrogens with zero attached hydrogens (tertiary/aromatic N) is 2. The molecular formula is C14H14F3N3. The maximum atomic E-state index is 13.1. The van der Waals surface area contributed by atoms with Gasteiger partial charge in [-0.15, -0.1) is 0 Å². The topological polar surface area (TPSA) is 37.8 Å². The monoisotopic (exact) mass is 281 g/mol. The fraction of sp³-hybridized carbons (Fsp3) is 0.286. The van der Waals surface area contributed by atoms with E-state index in [9.17, 15) is 13.2 Å². The van der Waals surface area contributed by atoms with Crippen LogP contribution in [0.3, 0.4) is 0 Å². The number of hydrogen-bond acceptors (Lipinski definition) is 3. The molecule has 0 spiro atoms. The van der Waals surface area contributed by atoms with Crippen LogP contribution in [0.2, 0.25) is 0 Å². The lowest BCUT2D eigenvalue weighted by molar-refractivity contribution is -0.142. The quantitative estimate of drug-likeness (QED) is 0.933. The van der Waals surface area contributed by atoms with Crippen molar-refractivity contribution in [2.45, 2.75) is 25.6 Å². The van der Waals surface area contributed by atoms with E-state index < -0.39 is 12.2 Å². The van der Waals surface area contributed by atoms with Gasteiger partial charge in [0.2, 0.25) is 5.95 Å². The van der Waals surface area contributed by atoms with Crippen molar-refractivity contribution in [3.63, 3.8) is 0 Å². The zero-order chi connectivity index (χ0) is 14.6. The van der Waals surface area contributed by atoms with Crippen LogP contribution in [0.5, 0.6) is 0 Å². The molecule has 6 heteroatoms. The van der Waals surface area contributed by atoms with Gasteiger partial charge >= 0.3 is 6.18 Å². The fourth-order valence-corrected chi connectivity index (χ4v) is 1.72. The van der Waals surface area contributed by atoms with Gasteiger partial charge in [-0.3, -0.25) is 0 Å². The third-order valence-corrected chi connectivity index (χ3v) is 2.76. The molecule has 1 heterocycles. The van der Waals surface area contributed by atoms with Gasteiger partial charge < -0.3 is 5.32 Å². The Morgan fingerprint density at radius 2 is 1.70 bits per heavy atom. The van der Waals surface area contributed by atoms with Crippen molar-refractivity contribution in [1.29, 1.82) is 0 Å². The third-order valence-electron chi connectivity index (χ3n) is 2.76. The second kappa shape index (κ2) is 5.90. The van der Waals surface area contributed by atoms with Gasteiger partial charge in [0.25, 0.3) is 0 Å². The number of hydrogen-bond donors (Lipinski definition) is 1. The molecule has 0 saturated heterocycles. The van der Waals surface area contributed by atoms with E-state index in [4.69, 9.17) is 0 Å². The lowest BCUT2D eigenvalue weighted by Crippen LogP contribution is -2.38. The molecule has 2 aromatic rings. The second-order valence-corrected chi connectivity index (χ2v) is 4.51. The Labute approximate surface area is 114 Å². The van der Waals surface area contributed by atoms with Crippen LogP contribution in [0.15, 0.2) is 42.7 Å². The first-order valence-electron chi connectivity index (χ1n) is 6.11. The normalized spacial score (nSPS) is 13.0. The average Bonchev–Trinajstić information content (AvgIpc) is 2.40. The molecule has 0 amide bonds. The highest BCUT2D eigenvalue weighted by molar-refractivity contribution is 5.29. The maximum absolute atomic E-state index is 13.1. The van der Waals surface area contributed by atoms with Crippen LogP contribution in [0, 0.1) is 6.92 Å². The van der Waals surface area contributed by atoms with Crippen LogP contribution in [-0.4, -0.2) is 22.2 Å². The number of aryl methyl sites for hydroxylation is 1. The van der Waals surface area contributed by atoms with Gasteiger partial charge in [-0.2, -0.15) is 13.2 Å². The van der Waals surface area contributed by atoms with Crippen LogP contribution in [0.4, 0.5) is 19.1 Å². The van der Waals surface area contributed by atoms with Crippen LogP contribution in [0.1, 0.15) is 11.1 Å². The number of nitrogens with one attached hydrogen (secondary N) is 1. The van der Waals surface area contributed by atoms with Crippen LogP contribution >= 0.6 is 0 Å². The van der Waals surface area contributed by atoms with E-state index in [2.05, 4.69) is 15.3 Å². The summed E-state index contributed by atoms with van der Waals surface area (Å²) in [5, 5.41) is 2.35. The molecule has 1 atom stereocenters. The van der Waals surface area contributed by atoms with Gasteiger partial charge in [-0.25, -0.2) is 9.97 Å². The van der Waals surface area contributed by atoms with Crippen molar-refractivity contribution in [3.05, 3.63) is 53.9 Å². The third kappa shape index (κ3) is 3.94. The summed E-state index contributed by atoms with van der Waals surface area (Å²) in [6.45, 7) is 1.77. The maximum Gasteiger partial charge on any atom is 0.408 e. The van der Waals surface area contributed by atoms with E-state index in [0.29, 0.717) is 5.56 Å². The number of alkyl halides is 3. The molecule has 1 unspecified atom stereocenters. The van der Waals surface area contributed by atoms with Gasteiger partial charge in [-0.1, -0.05) is 30.3 Å². The smallest absolute Gasteiger partial charge is 0.342 e. The van der Waals surface area contributed by atoms with Crippen LogP contribution in [0.25, 0.3) is 0 Å². The molecule has 0 aliphatic heterocycles. The van der Waals surface area contributed by atoms with Crippen molar-refractivity contribution in [2.24, 2.45) is 0 Å². The molecule has 1 aromatic heterocycles. The van der Waals surface area contributed by atoms with E-state index in [0.717, 1.165) is 5.56 Å². The minimum Gasteiger partial charge on any atom is -0.342 e. The summed E-state index contributed by atoms with van der Waals surface area (Å²) < 4.78 is 39.2. The van der Waals surface area contributed by atoms with Gasteiger partial charge in [0, 0.05) is 18.8 Å². The number of benzene rings is 1. The van der Waals surface area contributed by atoms with Gasteiger partial charge in [-0.05, 0) is 18.1 Å². The highest BCUT2D eigenvalue weighted by atomic mass is 19.4. The van der Waals surface area contributed by atoms with E-state index in [1.165, 1.54) is 12.4 Å². The fourth-order valence-electron chi connectivity index (χ4n) is 1.72. The summed E-state index contributed by atoms with van der Waals surface area (Å²) in [6.07, 6.45) is -1.58. The molecule has 0 saturated carbocycles. The largest absolute Gasteiger partial charge is 0.408 e. The lowest BCUT2D eigenvalue weighted by atomic mass is 10.1. The summed E-state index contributed by atoms with van der Waals surface area (Å²) in [7, 11) is 0. The molecule has 0 bridgehead atoms. The number of aromatic nitrogens is 2. The Morgan fingerprint density at radius 3 is 2.25 bits per heavy atom. The molecule has 1 N–H and O–H groups in total. The SMILES string of the molecule is Cc1cnc(NC(Cc2ccccc2)C(F)(F)F)nc1. The zero-order valence-electron chi connectivity index (χ0n) is 10.9. The van der Waals surface area contributed by atoms with Crippen molar-refractivity contribution in [2.75, 3.05) is 5.32 Å². The van der Waals surface area contributed by atoms with E-state index in [-0.39, 0.29) is 12.4 Å². The van der Waals surface area contributed by atoms with Crippen molar-refractivity contribution >= 4 is 5.95 Å². The highest BCUT2D eigenvalue weighted by Crippen LogP contribution is 2.25. The first-order valence-corrected chi connectivity index (χ1v) is 6.11. The van der Waals surface area contributed by atoms with Crippen molar-refractivity contribution in [1.82, 2.24) is 9.97 Å². The van der Waals surface area contributed by atoms with Gasteiger partial charge in [0.1, 0.15) is 6.04 Å². The first-order chi connectivity index (χ1) is 9.45. The summed E-state index contributed by atoms with van der Waals surface area (Å²) in [5.41, 5.74) is 1.40. The first kappa shape index (κ1) is 14.3. The predicted molar refractivity (Wildman–Crippen MR) is 70.4 cm³/mol. The Hall–Kier alpha value is -2.11. The summed E-state index contributed by atoms with van der Waals surface area (Å²) in [4.78, 5) is 7.70. The summed E-state index contributed by atoms with van der Waals surface area (Å²) in [5.74, 6) is -0.0196. The lowest BCUT2D eigenvalue weighted by Gasteiger charge is -2.21. The van der Waals surface area contributed by atoms with E-state index in [1.807, 2.05) is 0 Å². The highest BCUT2D eigenvalue weighted by Gasteiger charge is 2.40. The Bertz CT molecular complexity index is 538. The molecule has 20 heavy (non-hydrogen) atoms. The van der Waals surface area contributed by atoms with Crippen LogP contribution in [-0.2, 0) is 6.42 Å². The standard InChI is InChI=1S/C14H14F3N3/c1-10-8-18-13(19-9-10)20-12(14(15,16)17)7-11-5-3-2-4-6-11/h2-6,8-9,12H,7H2,1H3,(H,18,19,20). The average molecular weight is 281 g/mol. The molecule has 0 aliphatic rings. The second-order valence-electron chi connectivity index (χ2n) is 4.51. The molecular weight excluding hydrogens is 267 g/mol. The Balaban J connectivity index is 2.14. The Kier molecular flexibility index (Phi) is 4.22. The molecule has 0 radical (unpaired) electrons. The van der Waals surface area contributed by atoms with Gasteiger partial charge in [0.05, 0.1) is 0 Å². The number of rotatable bonds is 4. The minimum absolute atomic E-state index is 0.0196.